The Balaban J connectivity index is 2.01. The van der Waals surface area contributed by atoms with Gasteiger partial charge in [-0.1, -0.05) is 6.07 Å². The Morgan fingerprint density at radius 3 is 2.90 bits per heavy atom. The van der Waals surface area contributed by atoms with Crippen molar-refractivity contribution in [1.29, 1.82) is 0 Å². The van der Waals surface area contributed by atoms with E-state index in [4.69, 9.17) is 15.2 Å². The number of carbonyl (C=O) groups excluding carboxylic acids is 1. The number of ether oxygens (including phenoxy) is 2. The molecule has 21 heavy (non-hydrogen) atoms. The van der Waals surface area contributed by atoms with Gasteiger partial charge in [-0.15, -0.1) is 0 Å². The maximum absolute atomic E-state index is 11.7. The summed E-state index contributed by atoms with van der Waals surface area (Å²) in [6.07, 6.45) is 2.12. The fourth-order valence-electron chi connectivity index (χ4n) is 1.97. The molecule has 1 heterocycles. The van der Waals surface area contributed by atoms with Gasteiger partial charge in [0.15, 0.2) is 0 Å². The molecule has 0 spiro atoms. The van der Waals surface area contributed by atoms with E-state index in [1.54, 1.807) is 20.0 Å². The van der Waals surface area contributed by atoms with Crippen LogP contribution in [-0.2, 0) is 9.53 Å². The molecule has 0 fully saturated rings. The van der Waals surface area contributed by atoms with E-state index in [2.05, 4.69) is 4.98 Å². The van der Waals surface area contributed by atoms with Gasteiger partial charge in [-0.2, -0.15) is 0 Å². The van der Waals surface area contributed by atoms with Gasteiger partial charge in [0.25, 0.3) is 0 Å². The van der Waals surface area contributed by atoms with Crippen LogP contribution in [0.25, 0.3) is 10.9 Å². The lowest BCUT2D eigenvalue weighted by atomic mass is 10.0. The molecule has 1 aromatic heterocycles. The van der Waals surface area contributed by atoms with Gasteiger partial charge in [0, 0.05) is 18.0 Å². The smallest absolute Gasteiger partial charge is 0.325 e. The molecule has 0 radical (unpaired) electrons. The number of esters is 1. The molecule has 0 aliphatic carbocycles. The molecular weight excluding hydrogens is 268 g/mol. The summed E-state index contributed by atoms with van der Waals surface area (Å²) in [7, 11) is 0. The third kappa shape index (κ3) is 3.70. The van der Waals surface area contributed by atoms with Crippen LogP contribution in [0.4, 0.5) is 0 Å². The molecule has 2 N–H and O–H groups in total. The Bertz CT molecular complexity index is 620. The summed E-state index contributed by atoms with van der Waals surface area (Å²) >= 11 is 0. The van der Waals surface area contributed by atoms with Crippen molar-refractivity contribution < 1.29 is 14.3 Å². The van der Waals surface area contributed by atoms with Crippen LogP contribution in [0.1, 0.15) is 20.3 Å². The van der Waals surface area contributed by atoms with Gasteiger partial charge < -0.3 is 15.2 Å². The number of nitrogens with zero attached hydrogens (tertiary/aromatic N) is 1. The first kappa shape index (κ1) is 15.3. The SMILES string of the molecule is CCOC(=O)C(C)(N)CCOc1cccc2ncccc12. The first-order valence-corrected chi connectivity index (χ1v) is 6.97. The second-order valence-corrected chi connectivity index (χ2v) is 5.06. The standard InChI is InChI=1S/C16H20N2O3/c1-3-20-15(19)16(2,17)9-11-21-14-8-4-7-13-12(14)6-5-10-18-13/h4-8,10H,3,9,11,17H2,1-2H3. The van der Waals surface area contributed by atoms with Crippen molar-refractivity contribution in [1.82, 2.24) is 4.98 Å². The number of rotatable bonds is 6. The van der Waals surface area contributed by atoms with Crippen molar-refractivity contribution in [3.63, 3.8) is 0 Å². The minimum absolute atomic E-state index is 0.321. The van der Waals surface area contributed by atoms with Gasteiger partial charge in [0.05, 0.1) is 18.7 Å². The maximum atomic E-state index is 11.7. The number of hydrogen-bond donors (Lipinski definition) is 1. The normalized spacial score (nSPS) is 13.7. The lowest BCUT2D eigenvalue weighted by Crippen LogP contribution is -2.47. The van der Waals surface area contributed by atoms with Crippen LogP contribution in [0.3, 0.4) is 0 Å². The predicted molar refractivity (Wildman–Crippen MR) is 81.1 cm³/mol. The molecule has 5 heteroatoms. The van der Waals surface area contributed by atoms with Gasteiger partial charge in [-0.25, -0.2) is 0 Å². The molecular formula is C16H20N2O3. The summed E-state index contributed by atoms with van der Waals surface area (Å²) in [6, 6.07) is 9.50. The molecule has 5 nitrogen and oxygen atoms in total. The van der Waals surface area contributed by atoms with Crippen LogP contribution >= 0.6 is 0 Å². The van der Waals surface area contributed by atoms with Crippen LogP contribution in [0.2, 0.25) is 0 Å². The van der Waals surface area contributed by atoms with Crippen LogP contribution < -0.4 is 10.5 Å². The van der Waals surface area contributed by atoms with Crippen LogP contribution in [0, 0.1) is 0 Å². The van der Waals surface area contributed by atoms with E-state index in [1.165, 1.54) is 0 Å². The van der Waals surface area contributed by atoms with E-state index in [0.29, 0.717) is 19.6 Å². The van der Waals surface area contributed by atoms with E-state index in [1.807, 2.05) is 30.3 Å². The van der Waals surface area contributed by atoms with E-state index in [0.717, 1.165) is 16.7 Å². The molecule has 0 amide bonds. The Labute approximate surface area is 124 Å². The minimum Gasteiger partial charge on any atom is -0.493 e. The zero-order valence-electron chi connectivity index (χ0n) is 12.3. The molecule has 0 saturated heterocycles. The Morgan fingerprint density at radius 1 is 1.33 bits per heavy atom. The monoisotopic (exact) mass is 288 g/mol. The molecule has 0 aliphatic rings. The first-order chi connectivity index (χ1) is 10.0. The van der Waals surface area contributed by atoms with E-state index >= 15 is 0 Å². The highest BCUT2D eigenvalue weighted by atomic mass is 16.5. The summed E-state index contributed by atoms with van der Waals surface area (Å²) in [5.41, 5.74) is 5.78. The summed E-state index contributed by atoms with van der Waals surface area (Å²) in [4.78, 5) is 16.0. The molecule has 0 bridgehead atoms. The van der Waals surface area contributed by atoms with E-state index in [-0.39, 0.29) is 0 Å². The molecule has 1 aromatic carbocycles. The fraction of sp³-hybridized carbons (Fsp3) is 0.375. The van der Waals surface area contributed by atoms with Crippen molar-refractivity contribution in [3.8, 4) is 5.75 Å². The average Bonchev–Trinajstić information content (AvgIpc) is 2.47. The largest absolute Gasteiger partial charge is 0.493 e. The summed E-state index contributed by atoms with van der Waals surface area (Å²) in [6.45, 7) is 4.06. The Morgan fingerprint density at radius 2 is 2.14 bits per heavy atom. The molecule has 112 valence electrons. The molecule has 2 rings (SSSR count). The van der Waals surface area contributed by atoms with Gasteiger partial charge in [0.2, 0.25) is 0 Å². The average molecular weight is 288 g/mol. The predicted octanol–water partition coefficient (Wildman–Crippen LogP) is 2.28. The van der Waals surface area contributed by atoms with E-state index < -0.39 is 11.5 Å². The van der Waals surface area contributed by atoms with Crippen molar-refractivity contribution in [2.45, 2.75) is 25.8 Å². The number of benzene rings is 1. The maximum Gasteiger partial charge on any atom is 0.325 e. The van der Waals surface area contributed by atoms with E-state index in [9.17, 15) is 4.79 Å². The van der Waals surface area contributed by atoms with Crippen LogP contribution in [-0.4, -0.2) is 29.7 Å². The number of carbonyl (C=O) groups is 1. The molecule has 0 saturated carbocycles. The summed E-state index contributed by atoms with van der Waals surface area (Å²) in [5, 5.41) is 0.940. The number of nitrogens with two attached hydrogens (primary N) is 1. The molecule has 2 aromatic rings. The molecule has 1 unspecified atom stereocenters. The summed E-state index contributed by atoms with van der Waals surface area (Å²) < 4.78 is 10.7. The van der Waals surface area contributed by atoms with Crippen molar-refractivity contribution in [2.75, 3.05) is 13.2 Å². The van der Waals surface area contributed by atoms with Gasteiger partial charge in [-0.3, -0.25) is 9.78 Å². The molecule has 0 aliphatic heterocycles. The quantitative estimate of drug-likeness (QED) is 0.825. The number of pyridine rings is 1. The highest BCUT2D eigenvalue weighted by molar-refractivity contribution is 5.84. The van der Waals surface area contributed by atoms with Crippen molar-refractivity contribution >= 4 is 16.9 Å². The van der Waals surface area contributed by atoms with Gasteiger partial charge in [-0.05, 0) is 38.1 Å². The number of fused-ring (bicyclic) bond motifs is 1. The lowest BCUT2D eigenvalue weighted by molar-refractivity contribution is -0.149. The Hall–Kier alpha value is -2.14. The highest BCUT2D eigenvalue weighted by Gasteiger charge is 2.29. The van der Waals surface area contributed by atoms with Gasteiger partial charge >= 0.3 is 5.97 Å². The van der Waals surface area contributed by atoms with Crippen LogP contribution in [0.15, 0.2) is 36.5 Å². The topological polar surface area (TPSA) is 74.4 Å². The van der Waals surface area contributed by atoms with Crippen molar-refractivity contribution in [2.24, 2.45) is 5.73 Å². The number of aromatic nitrogens is 1. The first-order valence-electron chi connectivity index (χ1n) is 6.97. The number of hydrogen-bond acceptors (Lipinski definition) is 5. The van der Waals surface area contributed by atoms with Gasteiger partial charge in [0.1, 0.15) is 11.3 Å². The molecule has 1 atom stereocenters. The summed E-state index contributed by atoms with van der Waals surface area (Å²) in [5.74, 6) is 0.327. The zero-order chi connectivity index (χ0) is 15.3. The fourth-order valence-corrected chi connectivity index (χ4v) is 1.97. The van der Waals surface area contributed by atoms with Crippen molar-refractivity contribution in [3.05, 3.63) is 36.5 Å². The zero-order valence-corrected chi connectivity index (χ0v) is 12.3. The third-order valence-electron chi connectivity index (χ3n) is 3.23. The highest BCUT2D eigenvalue weighted by Crippen LogP contribution is 2.24. The lowest BCUT2D eigenvalue weighted by Gasteiger charge is -2.22. The third-order valence-corrected chi connectivity index (χ3v) is 3.23. The second kappa shape index (κ2) is 6.54. The Kier molecular flexibility index (Phi) is 4.75. The second-order valence-electron chi connectivity index (χ2n) is 5.06. The van der Waals surface area contributed by atoms with Crippen LogP contribution in [0.5, 0.6) is 5.75 Å². The minimum atomic E-state index is -1.04.